The number of rotatable bonds is 3. The van der Waals surface area contributed by atoms with Crippen LogP contribution < -0.4 is 4.74 Å². The SMILES string of the molecule is CS(=O)(=O)C1CCCC(Oc2ccc(Br)cc2)C1. The van der Waals surface area contributed by atoms with E-state index in [0.717, 1.165) is 29.5 Å². The van der Waals surface area contributed by atoms with Crippen LogP contribution in [0.3, 0.4) is 0 Å². The van der Waals surface area contributed by atoms with Crippen LogP contribution in [-0.2, 0) is 9.84 Å². The molecular formula is C13H17BrO3S. The molecule has 0 heterocycles. The van der Waals surface area contributed by atoms with Crippen molar-refractivity contribution in [1.29, 1.82) is 0 Å². The molecule has 1 fully saturated rings. The van der Waals surface area contributed by atoms with E-state index in [1.54, 1.807) is 0 Å². The van der Waals surface area contributed by atoms with Crippen molar-refractivity contribution < 1.29 is 13.2 Å². The molecule has 0 N–H and O–H groups in total. The molecule has 0 amide bonds. The van der Waals surface area contributed by atoms with E-state index in [2.05, 4.69) is 15.9 Å². The van der Waals surface area contributed by atoms with Crippen LogP contribution in [0.15, 0.2) is 28.7 Å². The molecule has 3 nitrogen and oxygen atoms in total. The van der Waals surface area contributed by atoms with Gasteiger partial charge in [0.15, 0.2) is 0 Å². The van der Waals surface area contributed by atoms with E-state index in [1.807, 2.05) is 24.3 Å². The third-order valence-electron chi connectivity index (χ3n) is 3.30. The maximum Gasteiger partial charge on any atom is 0.150 e. The second kappa shape index (κ2) is 5.61. The summed E-state index contributed by atoms with van der Waals surface area (Å²) in [5, 5.41) is -0.244. The van der Waals surface area contributed by atoms with E-state index in [1.165, 1.54) is 6.26 Å². The molecule has 1 aliphatic rings. The van der Waals surface area contributed by atoms with E-state index in [4.69, 9.17) is 4.74 Å². The molecule has 100 valence electrons. The van der Waals surface area contributed by atoms with Gasteiger partial charge in [0, 0.05) is 17.1 Å². The highest BCUT2D eigenvalue weighted by atomic mass is 79.9. The maximum atomic E-state index is 11.6. The Hall–Kier alpha value is -0.550. The summed E-state index contributed by atoms with van der Waals surface area (Å²) in [6, 6.07) is 7.64. The van der Waals surface area contributed by atoms with Crippen LogP contribution >= 0.6 is 15.9 Å². The first-order valence-electron chi connectivity index (χ1n) is 6.06. The highest BCUT2D eigenvalue weighted by molar-refractivity contribution is 9.10. The smallest absolute Gasteiger partial charge is 0.150 e. The molecule has 1 aromatic carbocycles. The molecule has 1 aromatic rings. The summed E-state index contributed by atoms with van der Waals surface area (Å²) in [5.74, 6) is 0.803. The Bertz CT molecular complexity index is 495. The van der Waals surface area contributed by atoms with Crippen LogP contribution in [0.5, 0.6) is 5.75 Å². The van der Waals surface area contributed by atoms with Gasteiger partial charge in [0.25, 0.3) is 0 Å². The lowest BCUT2D eigenvalue weighted by molar-refractivity contribution is 0.156. The minimum Gasteiger partial charge on any atom is -0.490 e. The molecule has 0 aliphatic heterocycles. The molecule has 2 unspecified atom stereocenters. The van der Waals surface area contributed by atoms with Crippen LogP contribution in [0, 0.1) is 0 Å². The summed E-state index contributed by atoms with van der Waals surface area (Å²) in [6.45, 7) is 0. The lowest BCUT2D eigenvalue weighted by atomic mass is 9.97. The molecule has 1 aliphatic carbocycles. The normalized spacial score (nSPS) is 24.8. The minimum absolute atomic E-state index is 0.0136. The van der Waals surface area contributed by atoms with Crippen molar-refractivity contribution in [2.24, 2.45) is 0 Å². The zero-order valence-electron chi connectivity index (χ0n) is 10.3. The quantitative estimate of drug-likeness (QED) is 0.853. The van der Waals surface area contributed by atoms with Gasteiger partial charge in [-0.15, -0.1) is 0 Å². The first kappa shape index (κ1) is 13.9. The van der Waals surface area contributed by atoms with Crippen LogP contribution in [0.2, 0.25) is 0 Å². The fraction of sp³-hybridized carbons (Fsp3) is 0.538. The fourth-order valence-electron chi connectivity index (χ4n) is 2.30. The molecular weight excluding hydrogens is 316 g/mol. The minimum atomic E-state index is -2.95. The lowest BCUT2D eigenvalue weighted by Gasteiger charge is -2.28. The predicted octanol–water partition coefficient (Wildman–Crippen LogP) is 3.18. The van der Waals surface area contributed by atoms with E-state index in [-0.39, 0.29) is 11.4 Å². The van der Waals surface area contributed by atoms with E-state index in [9.17, 15) is 8.42 Å². The zero-order chi connectivity index (χ0) is 13.2. The van der Waals surface area contributed by atoms with Gasteiger partial charge in [0.05, 0.1) is 11.4 Å². The van der Waals surface area contributed by atoms with Gasteiger partial charge in [-0.1, -0.05) is 15.9 Å². The predicted molar refractivity (Wildman–Crippen MR) is 75.7 cm³/mol. The number of hydrogen-bond donors (Lipinski definition) is 0. The molecule has 0 radical (unpaired) electrons. The molecule has 1 saturated carbocycles. The van der Waals surface area contributed by atoms with Crippen LogP contribution in [0.4, 0.5) is 0 Å². The molecule has 18 heavy (non-hydrogen) atoms. The molecule has 0 saturated heterocycles. The van der Waals surface area contributed by atoms with Crippen molar-refractivity contribution >= 4 is 25.8 Å². The maximum absolute atomic E-state index is 11.6. The van der Waals surface area contributed by atoms with Gasteiger partial charge in [0.2, 0.25) is 0 Å². The van der Waals surface area contributed by atoms with Crippen molar-refractivity contribution in [1.82, 2.24) is 0 Å². The Balaban J connectivity index is 2.00. The van der Waals surface area contributed by atoms with Crippen molar-refractivity contribution in [2.75, 3.05) is 6.26 Å². The molecule has 0 spiro atoms. The van der Waals surface area contributed by atoms with Crippen LogP contribution in [0.1, 0.15) is 25.7 Å². The average Bonchev–Trinajstić information content (AvgIpc) is 2.31. The largest absolute Gasteiger partial charge is 0.490 e. The first-order valence-corrected chi connectivity index (χ1v) is 8.81. The molecule has 0 aromatic heterocycles. The van der Waals surface area contributed by atoms with E-state index < -0.39 is 9.84 Å². The second-order valence-corrected chi connectivity index (χ2v) is 8.05. The molecule has 2 rings (SSSR count). The van der Waals surface area contributed by atoms with Crippen LogP contribution in [0.25, 0.3) is 0 Å². The van der Waals surface area contributed by atoms with Crippen molar-refractivity contribution in [3.8, 4) is 5.75 Å². The number of ether oxygens (including phenoxy) is 1. The topological polar surface area (TPSA) is 43.4 Å². The highest BCUT2D eigenvalue weighted by Gasteiger charge is 2.29. The summed E-state index contributed by atoms with van der Waals surface area (Å²) in [6.07, 6.45) is 4.55. The fourth-order valence-corrected chi connectivity index (χ4v) is 3.73. The van der Waals surface area contributed by atoms with Gasteiger partial charge < -0.3 is 4.74 Å². The Kier molecular flexibility index (Phi) is 4.33. The summed E-state index contributed by atoms with van der Waals surface area (Å²) >= 11 is 3.37. The Morgan fingerprint density at radius 2 is 1.89 bits per heavy atom. The summed E-state index contributed by atoms with van der Waals surface area (Å²) < 4.78 is 30.0. The number of hydrogen-bond acceptors (Lipinski definition) is 3. The highest BCUT2D eigenvalue weighted by Crippen LogP contribution is 2.27. The summed E-state index contributed by atoms with van der Waals surface area (Å²) in [4.78, 5) is 0. The number of benzene rings is 1. The van der Waals surface area contributed by atoms with E-state index >= 15 is 0 Å². The number of halogens is 1. The van der Waals surface area contributed by atoms with Gasteiger partial charge in [-0.05, 0) is 43.5 Å². The van der Waals surface area contributed by atoms with Gasteiger partial charge in [0.1, 0.15) is 15.6 Å². The molecule has 0 bridgehead atoms. The van der Waals surface area contributed by atoms with Gasteiger partial charge >= 0.3 is 0 Å². The lowest BCUT2D eigenvalue weighted by Crippen LogP contribution is -2.33. The summed E-state index contributed by atoms with van der Waals surface area (Å²) in [5.41, 5.74) is 0. The third kappa shape index (κ3) is 3.72. The van der Waals surface area contributed by atoms with Crippen LogP contribution in [-0.4, -0.2) is 26.0 Å². The zero-order valence-corrected chi connectivity index (χ0v) is 12.7. The van der Waals surface area contributed by atoms with Crippen molar-refractivity contribution in [3.05, 3.63) is 28.7 Å². The van der Waals surface area contributed by atoms with Crippen molar-refractivity contribution in [3.63, 3.8) is 0 Å². The Labute approximate surface area is 117 Å². The Morgan fingerprint density at radius 3 is 2.50 bits per heavy atom. The monoisotopic (exact) mass is 332 g/mol. The molecule has 2 atom stereocenters. The van der Waals surface area contributed by atoms with Gasteiger partial charge in [-0.25, -0.2) is 8.42 Å². The second-order valence-electron chi connectivity index (χ2n) is 4.81. The molecule has 5 heteroatoms. The first-order chi connectivity index (χ1) is 8.45. The third-order valence-corrected chi connectivity index (χ3v) is 5.47. The Morgan fingerprint density at radius 1 is 1.22 bits per heavy atom. The standard InChI is InChI=1S/C13H17BrO3S/c1-18(15,16)13-4-2-3-12(9-13)17-11-7-5-10(14)6-8-11/h5-8,12-13H,2-4,9H2,1H3. The van der Waals surface area contributed by atoms with Crippen molar-refractivity contribution in [2.45, 2.75) is 37.0 Å². The van der Waals surface area contributed by atoms with Gasteiger partial charge in [-0.3, -0.25) is 0 Å². The van der Waals surface area contributed by atoms with E-state index in [0.29, 0.717) is 6.42 Å². The number of sulfone groups is 1. The summed E-state index contributed by atoms with van der Waals surface area (Å²) in [7, 11) is -2.95. The van der Waals surface area contributed by atoms with Gasteiger partial charge in [-0.2, -0.15) is 0 Å². The average molecular weight is 333 g/mol.